The highest BCUT2D eigenvalue weighted by Crippen LogP contribution is 1.61. The molecule has 0 aliphatic carbocycles. The van der Waals surface area contributed by atoms with E-state index < -0.39 is 0 Å². The molecule has 0 aromatic carbocycles. The van der Waals surface area contributed by atoms with Gasteiger partial charge >= 0.3 is 0 Å². The molecule has 12 heavy (non-hydrogen) atoms. The van der Waals surface area contributed by atoms with Gasteiger partial charge in [0.1, 0.15) is 0 Å². The van der Waals surface area contributed by atoms with Gasteiger partial charge in [-0.3, -0.25) is 9.98 Å². The Labute approximate surface area is 72.1 Å². The van der Waals surface area contributed by atoms with Crippen molar-refractivity contribution in [3.05, 3.63) is 0 Å². The molecule has 0 heterocycles. The average Bonchev–Trinajstić information content (AvgIpc) is 2.11. The molecule has 0 aliphatic heterocycles. The molecular weight excluding hydrogens is 156 g/mol. The van der Waals surface area contributed by atoms with Crippen LogP contribution in [-0.4, -0.2) is 39.1 Å². The van der Waals surface area contributed by atoms with E-state index in [1.54, 1.807) is 14.1 Å². The van der Waals surface area contributed by atoms with Crippen LogP contribution in [0.15, 0.2) is 9.98 Å². The lowest BCUT2D eigenvalue weighted by molar-refractivity contribution is 0.800. The van der Waals surface area contributed by atoms with Crippen LogP contribution in [0.2, 0.25) is 0 Å². The van der Waals surface area contributed by atoms with Crippen LogP contribution in [0.5, 0.6) is 0 Å². The zero-order valence-corrected chi connectivity index (χ0v) is 7.46. The normalized spacial score (nSPS) is 12.8. The first-order valence-corrected chi connectivity index (χ1v) is 3.63. The summed E-state index contributed by atoms with van der Waals surface area (Å²) in [6.07, 6.45) is 0. The summed E-state index contributed by atoms with van der Waals surface area (Å²) in [6.45, 7) is 1.33. The Bertz CT molecular complexity index is 153. The van der Waals surface area contributed by atoms with E-state index in [1.165, 1.54) is 0 Å². The lowest BCUT2D eigenvalue weighted by Crippen LogP contribution is -2.40. The molecule has 0 aromatic rings. The molecule has 70 valence electrons. The third-order valence-electron chi connectivity index (χ3n) is 1.22. The molecule has 0 saturated carbocycles. The summed E-state index contributed by atoms with van der Waals surface area (Å²) in [7, 11) is 3.25. The standard InChI is InChI=1S/C6H16N6/c1-9-5(7)11-3-4-12-6(8)10-2/h3-4H2,1-2H3,(H3,7,9,11)(H3,8,10,12). The molecule has 0 radical (unpaired) electrons. The number of nitrogens with two attached hydrogens (primary N) is 2. The Balaban J connectivity index is 3.34. The second-order valence-corrected chi connectivity index (χ2v) is 2.07. The Morgan fingerprint density at radius 1 is 1.00 bits per heavy atom. The number of nitrogens with zero attached hydrogens (tertiary/aromatic N) is 2. The van der Waals surface area contributed by atoms with Crippen molar-refractivity contribution in [1.29, 1.82) is 0 Å². The topological polar surface area (TPSA) is 101 Å². The first-order chi connectivity index (χ1) is 5.70. The van der Waals surface area contributed by atoms with Gasteiger partial charge in [-0.15, -0.1) is 0 Å². The predicted octanol–water partition coefficient (Wildman–Crippen LogP) is -1.95. The van der Waals surface area contributed by atoms with Gasteiger partial charge in [-0.1, -0.05) is 0 Å². The lowest BCUT2D eigenvalue weighted by Gasteiger charge is -2.06. The number of nitrogens with one attached hydrogen (secondary N) is 2. The van der Waals surface area contributed by atoms with Crippen LogP contribution in [-0.2, 0) is 0 Å². The molecule has 0 bridgehead atoms. The highest BCUT2D eigenvalue weighted by molar-refractivity contribution is 5.78. The summed E-state index contributed by atoms with van der Waals surface area (Å²) >= 11 is 0. The third-order valence-corrected chi connectivity index (χ3v) is 1.22. The fraction of sp³-hybridized carbons (Fsp3) is 0.667. The van der Waals surface area contributed by atoms with Gasteiger partial charge in [0.25, 0.3) is 0 Å². The van der Waals surface area contributed by atoms with Gasteiger partial charge in [0.15, 0.2) is 11.9 Å². The minimum Gasteiger partial charge on any atom is -0.370 e. The van der Waals surface area contributed by atoms with E-state index in [1.807, 2.05) is 0 Å². The second kappa shape index (κ2) is 6.26. The summed E-state index contributed by atoms with van der Waals surface area (Å²) in [5.74, 6) is 0.840. The van der Waals surface area contributed by atoms with Gasteiger partial charge in [0.05, 0.1) is 0 Å². The SMILES string of the molecule is CN=C(N)NCCNC(N)=NC. The largest absolute Gasteiger partial charge is 0.370 e. The number of aliphatic imine (C=N–C) groups is 2. The van der Waals surface area contributed by atoms with E-state index in [4.69, 9.17) is 11.5 Å². The van der Waals surface area contributed by atoms with Gasteiger partial charge in [-0.05, 0) is 0 Å². The summed E-state index contributed by atoms with van der Waals surface area (Å²) in [4.78, 5) is 7.44. The van der Waals surface area contributed by atoms with E-state index >= 15 is 0 Å². The molecule has 0 fully saturated rings. The predicted molar refractivity (Wildman–Crippen MR) is 51.1 cm³/mol. The highest BCUT2D eigenvalue weighted by Gasteiger charge is 1.89. The molecule has 6 N–H and O–H groups in total. The molecule has 6 heteroatoms. The molecule has 0 amide bonds. The van der Waals surface area contributed by atoms with E-state index in [9.17, 15) is 0 Å². The van der Waals surface area contributed by atoms with Gasteiger partial charge in [0, 0.05) is 27.2 Å². The smallest absolute Gasteiger partial charge is 0.188 e. The summed E-state index contributed by atoms with van der Waals surface area (Å²) < 4.78 is 0. The molecule has 0 saturated heterocycles. The Hall–Kier alpha value is -1.46. The van der Waals surface area contributed by atoms with Gasteiger partial charge in [0.2, 0.25) is 0 Å². The van der Waals surface area contributed by atoms with E-state index in [0.717, 1.165) is 0 Å². The van der Waals surface area contributed by atoms with Crippen molar-refractivity contribution in [2.75, 3.05) is 27.2 Å². The van der Waals surface area contributed by atoms with E-state index in [-0.39, 0.29) is 0 Å². The number of rotatable bonds is 3. The quantitative estimate of drug-likeness (QED) is 0.226. The monoisotopic (exact) mass is 172 g/mol. The molecule has 0 unspecified atom stereocenters. The minimum absolute atomic E-state index is 0.420. The van der Waals surface area contributed by atoms with Crippen LogP contribution in [0.3, 0.4) is 0 Å². The Morgan fingerprint density at radius 3 is 1.58 bits per heavy atom. The van der Waals surface area contributed by atoms with Crippen molar-refractivity contribution in [3.63, 3.8) is 0 Å². The number of hydrogen-bond acceptors (Lipinski definition) is 2. The zero-order valence-electron chi connectivity index (χ0n) is 7.46. The van der Waals surface area contributed by atoms with Gasteiger partial charge < -0.3 is 22.1 Å². The second-order valence-electron chi connectivity index (χ2n) is 2.07. The van der Waals surface area contributed by atoms with Crippen LogP contribution in [0.25, 0.3) is 0 Å². The maximum Gasteiger partial charge on any atom is 0.188 e. The maximum atomic E-state index is 5.37. The first-order valence-electron chi connectivity index (χ1n) is 3.63. The first kappa shape index (κ1) is 10.5. The Morgan fingerprint density at radius 2 is 1.33 bits per heavy atom. The van der Waals surface area contributed by atoms with Crippen LogP contribution >= 0.6 is 0 Å². The van der Waals surface area contributed by atoms with E-state index in [2.05, 4.69) is 20.6 Å². The molecule has 0 aliphatic rings. The average molecular weight is 172 g/mol. The Kier molecular flexibility index (Phi) is 5.50. The highest BCUT2D eigenvalue weighted by atomic mass is 15.1. The summed E-state index contributed by atoms with van der Waals surface area (Å²) in [5.41, 5.74) is 10.7. The molecular formula is C6H16N6. The van der Waals surface area contributed by atoms with Crippen molar-refractivity contribution < 1.29 is 0 Å². The maximum absolute atomic E-state index is 5.37. The molecule has 6 nitrogen and oxygen atoms in total. The van der Waals surface area contributed by atoms with Gasteiger partial charge in [-0.2, -0.15) is 0 Å². The van der Waals surface area contributed by atoms with Crippen molar-refractivity contribution >= 4 is 11.9 Å². The van der Waals surface area contributed by atoms with E-state index in [0.29, 0.717) is 25.0 Å². The van der Waals surface area contributed by atoms with Crippen LogP contribution < -0.4 is 22.1 Å². The molecule has 0 spiro atoms. The van der Waals surface area contributed by atoms with Crippen molar-refractivity contribution in [1.82, 2.24) is 10.6 Å². The third kappa shape index (κ3) is 5.33. The van der Waals surface area contributed by atoms with Crippen molar-refractivity contribution in [2.24, 2.45) is 21.5 Å². The van der Waals surface area contributed by atoms with Crippen LogP contribution in [0.1, 0.15) is 0 Å². The zero-order chi connectivity index (χ0) is 9.40. The fourth-order valence-electron chi connectivity index (χ4n) is 0.539. The van der Waals surface area contributed by atoms with Crippen molar-refractivity contribution in [3.8, 4) is 0 Å². The lowest BCUT2D eigenvalue weighted by atomic mass is 10.6. The molecule has 0 rings (SSSR count). The number of hydrogen-bond donors (Lipinski definition) is 4. The molecule has 0 atom stereocenters. The van der Waals surface area contributed by atoms with Crippen LogP contribution in [0.4, 0.5) is 0 Å². The minimum atomic E-state index is 0.420. The van der Waals surface area contributed by atoms with Gasteiger partial charge in [-0.25, -0.2) is 0 Å². The fourth-order valence-corrected chi connectivity index (χ4v) is 0.539. The van der Waals surface area contributed by atoms with Crippen molar-refractivity contribution in [2.45, 2.75) is 0 Å². The molecule has 0 aromatic heterocycles. The van der Waals surface area contributed by atoms with Crippen LogP contribution in [0, 0.1) is 0 Å². The summed E-state index contributed by atoms with van der Waals surface area (Å²) in [5, 5.41) is 5.73. The number of guanidine groups is 2. The summed E-state index contributed by atoms with van der Waals surface area (Å²) in [6, 6.07) is 0.